The van der Waals surface area contributed by atoms with Crippen LogP contribution < -0.4 is 0 Å². The molecule has 1 nitrogen and oxygen atoms in total. The fourth-order valence-electron chi connectivity index (χ4n) is 3.23. The van der Waals surface area contributed by atoms with E-state index in [1.165, 1.54) is 30.3 Å². The maximum absolute atomic E-state index is 14.7. The van der Waals surface area contributed by atoms with E-state index in [4.69, 9.17) is 0 Å². The van der Waals surface area contributed by atoms with Crippen molar-refractivity contribution in [2.45, 2.75) is 26.5 Å². The van der Waals surface area contributed by atoms with E-state index in [0.29, 0.717) is 11.8 Å². The monoisotopic (exact) mass is 556 g/mol. The summed E-state index contributed by atoms with van der Waals surface area (Å²) in [7, 11) is 0. The van der Waals surface area contributed by atoms with Crippen molar-refractivity contribution in [1.82, 2.24) is 0 Å². The molecule has 37 heavy (non-hydrogen) atoms. The first kappa shape index (κ1) is 26.7. The van der Waals surface area contributed by atoms with E-state index in [1.54, 1.807) is 19.1 Å². The van der Waals surface area contributed by atoms with E-state index in [1.807, 2.05) is 0 Å². The molecule has 0 aliphatic carbocycles. The van der Waals surface area contributed by atoms with Crippen molar-refractivity contribution in [2.24, 2.45) is 0 Å². The second kappa shape index (κ2) is 10.6. The van der Waals surface area contributed by atoms with Crippen molar-refractivity contribution < 1.29 is 39.9 Å². The molecule has 0 fully saturated rings. The van der Waals surface area contributed by atoms with Gasteiger partial charge >= 0.3 is 0 Å². The van der Waals surface area contributed by atoms with Gasteiger partial charge in [0.25, 0.3) is 0 Å². The van der Waals surface area contributed by atoms with Crippen LogP contribution >= 0.6 is 23.5 Å². The molecule has 0 saturated heterocycles. The predicted molar refractivity (Wildman–Crippen MR) is 122 cm³/mol. The Morgan fingerprint density at radius 2 is 0.946 bits per heavy atom. The summed E-state index contributed by atoms with van der Waals surface area (Å²) in [6.07, 6.45) is 0. The molecule has 0 aliphatic heterocycles. The molecule has 11 heteroatoms. The normalized spacial score (nSPS) is 11.2. The standard InChI is InChI=1S/C26H12F8OS2/c1-11-7-9-13(10-8-11)36-24-19(31)21(33)26(22(34)20(24)32)37-25-17(29)15(27)14(16(28)18(25)30)23(35)12-5-3-2-4-6-12/h2-10H,1H3. The van der Waals surface area contributed by atoms with Crippen LogP contribution in [-0.4, -0.2) is 5.78 Å². The molecule has 0 aromatic heterocycles. The van der Waals surface area contributed by atoms with Crippen molar-refractivity contribution in [3.63, 3.8) is 0 Å². The molecular formula is C26H12F8OS2. The highest BCUT2D eigenvalue weighted by Crippen LogP contribution is 2.43. The minimum absolute atomic E-state index is 0.238. The summed E-state index contributed by atoms with van der Waals surface area (Å²) >= 11 is -0.234. The summed E-state index contributed by atoms with van der Waals surface area (Å²) in [5, 5.41) is 0. The van der Waals surface area contributed by atoms with Gasteiger partial charge in [-0.1, -0.05) is 71.6 Å². The first-order valence-electron chi connectivity index (χ1n) is 10.3. The molecular weight excluding hydrogens is 544 g/mol. The van der Waals surface area contributed by atoms with Gasteiger partial charge in [0.15, 0.2) is 52.3 Å². The van der Waals surface area contributed by atoms with Crippen molar-refractivity contribution in [1.29, 1.82) is 0 Å². The van der Waals surface area contributed by atoms with E-state index in [0.717, 1.165) is 17.7 Å². The predicted octanol–water partition coefficient (Wildman–Crippen LogP) is 8.64. The van der Waals surface area contributed by atoms with E-state index < -0.39 is 84.3 Å². The second-order valence-electron chi connectivity index (χ2n) is 7.59. The molecule has 4 rings (SSSR count). The van der Waals surface area contributed by atoms with Gasteiger partial charge in [0, 0.05) is 10.5 Å². The highest BCUT2D eigenvalue weighted by atomic mass is 32.2. The third kappa shape index (κ3) is 4.97. The van der Waals surface area contributed by atoms with Crippen LogP contribution in [0.4, 0.5) is 35.1 Å². The fraction of sp³-hybridized carbons (Fsp3) is 0.0385. The van der Waals surface area contributed by atoms with E-state index in [9.17, 15) is 39.9 Å². The highest BCUT2D eigenvalue weighted by Gasteiger charge is 2.33. The zero-order valence-electron chi connectivity index (χ0n) is 18.4. The lowest BCUT2D eigenvalue weighted by atomic mass is 10.0. The number of ketones is 1. The number of rotatable bonds is 6. The Morgan fingerprint density at radius 3 is 1.41 bits per heavy atom. The fourth-order valence-corrected chi connectivity index (χ4v) is 5.02. The molecule has 4 aromatic rings. The summed E-state index contributed by atoms with van der Waals surface area (Å²) in [4.78, 5) is 8.40. The molecule has 0 atom stereocenters. The smallest absolute Gasteiger partial charge is 0.199 e. The summed E-state index contributed by atoms with van der Waals surface area (Å²) in [6.45, 7) is 1.75. The molecule has 0 radical (unpaired) electrons. The maximum Gasteiger partial charge on any atom is 0.199 e. The molecule has 0 saturated carbocycles. The first-order valence-corrected chi connectivity index (χ1v) is 11.9. The lowest BCUT2D eigenvalue weighted by molar-refractivity contribution is 0.102. The molecule has 0 amide bonds. The quantitative estimate of drug-likeness (QED) is 0.134. The molecule has 190 valence electrons. The van der Waals surface area contributed by atoms with Gasteiger partial charge in [0.1, 0.15) is 5.56 Å². The summed E-state index contributed by atoms with van der Waals surface area (Å²) in [5.74, 6) is -17.8. The van der Waals surface area contributed by atoms with E-state index in [2.05, 4.69) is 0 Å². The van der Waals surface area contributed by atoms with Crippen molar-refractivity contribution in [2.75, 3.05) is 0 Å². The number of aryl methyl sites for hydroxylation is 1. The van der Waals surface area contributed by atoms with Gasteiger partial charge in [-0.05, 0) is 19.1 Å². The third-order valence-electron chi connectivity index (χ3n) is 5.11. The van der Waals surface area contributed by atoms with Crippen LogP contribution in [0.15, 0.2) is 74.2 Å². The number of hydrogen-bond donors (Lipinski definition) is 0. The lowest BCUT2D eigenvalue weighted by Crippen LogP contribution is -2.13. The lowest BCUT2D eigenvalue weighted by Gasteiger charge is -2.14. The minimum Gasteiger partial charge on any atom is -0.288 e. The first-order chi connectivity index (χ1) is 17.5. The van der Waals surface area contributed by atoms with Crippen molar-refractivity contribution in [3.8, 4) is 0 Å². The second-order valence-corrected chi connectivity index (χ2v) is 9.69. The Hall–Kier alpha value is -3.31. The van der Waals surface area contributed by atoms with Crippen LogP contribution in [0, 0.1) is 53.5 Å². The summed E-state index contributed by atoms with van der Waals surface area (Å²) in [6, 6.07) is 12.5. The van der Waals surface area contributed by atoms with Crippen LogP contribution in [0.5, 0.6) is 0 Å². The van der Waals surface area contributed by atoms with Gasteiger partial charge in [0.2, 0.25) is 0 Å². The zero-order chi connectivity index (χ0) is 27.0. The van der Waals surface area contributed by atoms with E-state index in [-0.39, 0.29) is 10.5 Å². The van der Waals surface area contributed by atoms with Gasteiger partial charge < -0.3 is 0 Å². The average molecular weight is 556 g/mol. The summed E-state index contributed by atoms with van der Waals surface area (Å²) < 4.78 is 118. The molecule has 4 aromatic carbocycles. The minimum atomic E-state index is -2.17. The van der Waals surface area contributed by atoms with Crippen molar-refractivity contribution in [3.05, 3.63) is 118 Å². The largest absolute Gasteiger partial charge is 0.288 e. The Bertz CT molecular complexity index is 1460. The molecule has 0 aliphatic rings. The van der Waals surface area contributed by atoms with Gasteiger partial charge in [0.05, 0.1) is 14.7 Å². The average Bonchev–Trinajstić information content (AvgIpc) is 2.90. The van der Waals surface area contributed by atoms with Crippen LogP contribution in [0.1, 0.15) is 21.5 Å². The molecule has 0 heterocycles. The van der Waals surface area contributed by atoms with Gasteiger partial charge in [-0.15, -0.1) is 0 Å². The Balaban J connectivity index is 1.77. The van der Waals surface area contributed by atoms with Gasteiger partial charge in [-0.2, -0.15) is 0 Å². The Morgan fingerprint density at radius 1 is 0.541 bits per heavy atom. The number of carbonyl (C=O) groups is 1. The molecule has 0 spiro atoms. The van der Waals surface area contributed by atoms with Crippen molar-refractivity contribution >= 4 is 29.3 Å². The van der Waals surface area contributed by atoms with Gasteiger partial charge in [-0.3, -0.25) is 4.79 Å². The number of carbonyl (C=O) groups excluding carboxylic acids is 1. The topological polar surface area (TPSA) is 17.1 Å². The number of benzene rings is 4. The molecule has 0 unspecified atom stereocenters. The van der Waals surface area contributed by atoms with E-state index >= 15 is 0 Å². The van der Waals surface area contributed by atoms with Crippen LogP contribution in [0.25, 0.3) is 0 Å². The van der Waals surface area contributed by atoms with Crippen LogP contribution in [-0.2, 0) is 0 Å². The number of halogens is 8. The maximum atomic E-state index is 14.7. The zero-order valence-corrected chi connectivity index (χ0v) is 20.1. The number of hydrogen-bond acceptors (Lipinski definition) is 3. The molecule has 0 bridgehead atoms. The van der Waals surface area contributed by atoms with Crippen LogP contribution in [0.3, 0.4) is 0 Å². The third-order valence-corrected chi connectivity index (χ3v) is 7.31. The van der Waals surface area contributed by atoms with Crippen LogP contribution in [0.2, 0.25) is 0 Å². The molecule has 0 N–H and O–H groups in total. The SMILES string of the molecule is Cc1ccc(Sc2c(F)c(F)c(Sc3c(F)c(F)c(C(=O)c4ccccc4)c(F)c3F)c(F)c2F)cc1. The Labute approximate surface area is 213 Å². The Kier molecular flexibility index (Phi) is 7.65. The summed E-state index contributed by atoms with van der Waals surface area (Å²) in [5.41, 5.74) is -1.05. The van der Waals surface area contributed by atoms with Gasteiger partial charge in [-0.25, -0.2) is 35.1 Å². The highest BCUT2D eigenvalue weighted by molar-refractivity contribution is 7.99.